The van der Waals surface area contributed by atoms with Crippen molar-refractivity contribution in [1.82, 2.24) is 4.98 Å². The molecule has 1 aromatic carbocycles. The Morgan fingerprint density at radius 1 is 1.47 bits per heavy atom. The van der Waals surface area contributed by atoms with E-state index in [2.05, 4.69) is 9.72 Å². The molecule has 0 amide bonds. The zero-order valence-corrected chi connectivity index (χ0v) is 10.2. The predicted molar refractivity (Wildman–Crippen MR) is 67.2 cm³/mol. The quantitative estimate of drug-likeness (QED) is 0.790. The summed E-state index contributed by atoms with van der Waals surface area (Å²) in [6.07, 6.45) is 1.41. The molecule has 0 radical (unpaired) electrons. The lowest BCUT2D eigenvalue weighted by Gasteiger charge is -2.09. The number of aryl methyl sites for hydroxylation is 1. The number of ether oxygens (including phenoxy) is 1. The molecular formula is C12H11ClN2O2. The summed E-state index contributed by atoms with van der Waals surface area (Å²) < 4.78 is 4.63. The Kier molecular flexibility index (Phi) is 2.90. The van der Waals surface area contributed by atoms with E-state index in [1.165, 1.54) is 13.3 Å². The number of benzene rings is 1. The molecule has 0 aliphatic heterocycles. The average molecular weight is 251 g/mol. The van der Waals surface area contributed by atoms with Crippen LogP contribution in [0.15, 0.2) is 18.3 Å². The Bertz CT molecular complexity index is 611. The Hall–Kier alpha value is -1.81. The van der Waals surface area contributed by atoms with Crippen LogP contribution in [0.25, 0.3) is 10.9 Å². The van der Waals surface area contributed by atoms with Crippen LogP contribution in [0.5, 0.6) is 0 Å². The van der Waals surface area contributed by atoms with Gasteiger partial charge in [-0.25, -0.2) is 4.79 Å². The lowest BCUT2D eigenvalue weighted by atomic mass is 10.1. The number of nitrogens with zero attached hydrogens (tertiary/aromatic N) is 1. The summed E-state index contributed by atoms with van der Waals surface area (Å²) in [5.74, 6) is -0.519. The van der Waals surface area contributed by atoms with Gasteiger partial charge in [-0.15, -0.1) is 0 Å². The molecule has 0 aliphatic carbocycles. The fourth-order valence-corrected chi connectivity index (χ4v) is 1.95. The minimum atomic E-state index is -0.519. The molecule has 1 aromatic heterocycles. The maximum Gasteiger partial charge on any atom is 0.341 e. The minimum Gasteiger partial charge on any atom is -0.465 e. The van der Waals surface area contributed by atoms with Crippen LogP contribution in [0.2, 0.25) is 5.02 Å². The van der Waals surface area contributed by atoms with Crippen molar-refractivity contribution in [3.05, 3.63) is 34.5 Å². The van der Waals surface area contributed by atoms with Gasteiger partial charge in [0.25, 0.3) is 0 Å². The molecule has 0 bridgehead atoms. The van der Waals surface area contributed by atoms with E-state index in [9.17, 15) is 4.79 Å². The number of carbonyl (C=O) groups is 1. The molecule has 0 unspecified atom stereocenters. The molecule has 0 fully saturated rings. The number of pyridine rings is 1. The zero-order valence-electron chi connectivity index (χ0n) is 9.45. The van der Waals surface area contributed by atoms with Gasteiger partial charge in [0.1, 0.15) is 5.56 Å². The fraction of sp³-hybridized carbons (Fsp3) is 0.167. The van der Waals surface area contributed by atoms with E-state index in [4.69, 9.17) is 17.3 Å². The highest BCUT2D eigenvalue weighted by atomic mass is 35.5. The molecule has 1 heterocycles. The molecule has 2 rings (SSSR count). The first-order chi connectivity index (χ1) is 8.06. The lowest BCUT2D eigenvalue weighted by molar-refractivity contribution is 0.0601. The fourth-order valence-electron chi connectivity index (χ4n) is 1.70. The molecule has 88 valence electrons. The lowest BCUT2D eigenvalue weighted by Crippen LogP contribution is -2.07. The summed E-state index contributed by atoms with van der Waals surface area (Å²) in [7, 11) is 1.30. The van der Waals surface area contributed by atoms with Crippen molar-refractivity contribution in [2.24, 2.45) is 0 Å². The molecule has 0 saturated carbocycles. The topological polar surface area (TPSA) is 65.2 Å². The number of anilines is 1. The Morgan fingerprint density at radius 2 is 2.18 bits per heavy atom. The van der Waals surface area contributed by atoms with E-state index in [1.807, 2.05) is 13.0 Å². The first kappa shape index (κ1) is 11.7. The SMILES string of the molecule is COC(=O)c1cnc2c(C)ccc(Cl)c2c1N. The number of carbonyl (C=O) groups excluding carboxylic acids is 1. The van der Waals surface area contributed by atoms with Gasteiger partial charge in [0.2, 0.25) is 0 Å². The van der Waals surface area contributed by atoms with E-state index in [1.54, 1.807) is 6.07 Å². The van der Waals surface area contributed by atoms with Gasteiger partial charge in [0.05, 0.1) is 23.3 Å². The van der Waals surface area contributed by atoms with Crippen molar-refractivity contribution in [2.45, 2.75) is 6.92 Å². The highest BCUT2D eigenvalue weighted by Crippen LogP contribution is 2.31. The number of rotatable bonds is 1. The first-order valence-corrected chi connectivity index (χ1v) is 5.35. The van der Waals surface area contributed by atoms with Crippen LogP contribution in [0.1, 0.15) is 15.9 Å². The predicted octanol–water partition coefficient (Wildman–Crippen LogP) is 2.57. The largest absolute Gasteiger partial charge is 0.465 e. The minimum absolute atomic E-state index is 0.229. The molecule has 17 heavy (non-hydrogen) atoms. The van der Waals surface area contributed by atoms with Crippen LogP contribution >= 0.6 is 11.6 Å². The first-order valence-electron chi connectivity index (χ1n) is 4.98. The highest BCUT2D eigenvalue weighted by Gasteiger charge is 2.16. The van der Waals surface area contributed by atoms with E-state index in [0.29, 0.717) is 21.6 Å². The number of methoxy groups -OCH3 is 1. The van der Waals surface area contributed by atoms with Gasteiger partial charge in [0.15, 0.2) is 0 Å². The number of halogens is 1. The van der Waals surface area contributed by atoms with Crippen LogP contribution in [0.4, 0.5) is 5.69 Å². The van der Waals surface area contributed by atoms with Crippen molar-refractivity contribution in [3.63, 3.8) is 0 Å². The molecule has 0 aliphatic rings. The van der Waals surface area contributed by atoms with Crippen molar-refractivity contribution < 1.29 is 9.53 Å². The second kappa shape index (κ2) is 4.22. The second-order valence-corrected chi connectivity index (χ2v) is 4.07. The van der Waals surface area contributed by atoms with Crippen molar-refractivity contribution in [3.8, 4) is 0 Å². The summed E-state index contributed by atoms with van der Waals surface area (Å²) in [6, 6.07) is 3.59. The number of nitrogen functional groups attached to an aromatic ring is 1. The van der Waals surface area contributed by atoms with Crippen LogP contribution in [-0.2, 0) is 4.74 Å². The third kappa shape index (κ3) is 1.80. The Labute approximate surface area is 103 Å². The smallest absolute Gasteiger partial charge is 0.341 e. The molecule has 5 heteroatoms. The zero-order chi connectivity index (χ0) is 12.6. The summed E-state index contributed by atoms with van der Waals surface area (Å²) in [5.41, 5.74) is 8.12. The molecule has 0 atom stereocenters. The van der Waals surface area contributed by atoms with Crippen LogP contribution in [-0.4, -0.2) is 18.1 Å². The number of esters is 1. The molecule has 2 aromatic rings. The van der Waals surface area contributed by atoms with E-state index < -0.39 is 5.97 Å². The Morgan fingerprint density at radius 3 is 2.82 bits per heavy atom. The molecule has 0 spiro atoms. The number of fused-ring (bicyclic) bond motifs is 1. The van der Waals surface area contributed by atoms with Gasteiger partial charge in [-0.1, -0.05) is 17.7 Å². The summed E-state index contributed by atoms with van der Waals surface area (Å²) in [5, 5.41) is 1.07. The van der Waals surface area contributed by atoms with Gasteiger partial charge in [-0.2, -0.15) is 0 Å². The number of hydrogen-bond acceptors (Lipinski definition) is 4. The van der Waals surface area contributed by atoms with Crippen LogP contribution < -0.4 is 5.73 Å². The van der Waals surface area contributed by atoms with Crippen molar-refractivity contribution in [2.75, 3.05) is 12.8 Å². The molecular weight excluding hydrogens is 240 g/mol. The van der Waals surface area contributed by atoms with Crippen molar-refractivity contribution in [1.29, 1.82) is 0 Å². The second-order valence-electron chi connectivity index (χ2n) is 3.67. The third-order valence-electron chi connectivity index (χ3n) is 2.62. The standard InChI is InChI=1S/C12H11ClN2O2/c1-6-3-4-8(13)9-10(14)7(12(16)17-2)5-15-11(6)9/h3-5H,1-2H3,(H2,14,15). The monoisotopic (exact) mass is 250 g/mol. The van der Waals surface area contributed by atoms with Gasteiger partial charge in [0, 0.05) is 11.6 Å². The summed E-state index contributed by atoms with van der Waals surface area (Å²) in [6.45, 7) is 1.91. The maximum atomic E-state index is 11.5. The number of nitrogens with two attached hydrogens (primary N) is 1. The van der Waals surface area contributed by atoms with Crippen LogP contribution in [0.3, 0.4) is 0 Å². The molecule has 0 saturated heterocycles. The van der Waals surface area contributed by atoms with Crippen molar-refractivity contribution >= 4 is 34.2 Å². The van der Waals surface area contributed by atoms with Crippen LogP contribution in [0, 0.1) is 6.92 Å². The van der Waals surface area contributed by atoms with E-state index in [-0.39, 0.29) is 5.56 Å². The van der Waals surface area contributed by atoms with Gasteiger partial charge in [-0.3, -0.25) is 4.98 Å². The van der Waals surface area contributed by atoms with Gasteiger partial charge >= 0.3 is 5.97 Å². The third-order valence-corrected chi connectivity index (χ3v) is 2.93. The van der Waals surface area contributed by atoms with Gasteiger partial charge in [-0.05, 0) is 18.6 Å². The van der Waals surface area contributed by atoms with Gasteiger partial charge < -0.3 is 10.5 Å². The average Bonchev–Trinajstić information content (AvgIpc) is 2.33. The number of hydrogen-bond donors (Lipinski definition) is 1. The van der Waals surface area contributed by atoms with E-state index in [0.717, 1.165) is 5.56 Å². The number of aromatic nitrogens is 1. The molecule has 2 N–H and O–H groups in total. The summed E-state index contributed by atoms with van der Waals surface area (Å²) >= 11 is 6.08. The summed E-state index contributed by atoms with van der Waals surface area (Å²) in [4.78, 5) is 15.7. The Balaban J connectivity index is 2.84. The normalized spacial score (nSPS) is 10.5. The molecule has 4 nitrogen and oxygen atoms in total. The highest BCUT2D eigenvalue weighted by molar-refractivity contribution is 6.36. The maximum absolute atomic E-state index is 11.5. The van der Waals surface area contributed by atoms with E-state index >= 15 is 0 Å².